The number of nitrogens with one attached hydrogen (secondary N) is 2. The minimum Gasteiger partial charge on any atom is -0.497 e. The summed E-state index contributed by atoms with van der Waals surface area (Å²) in [4.78, 5) is 45.8. The summed E-state index contributed by atoms with van der Waals surface area (Å²) in [5.41, 5.74) is 9.58. The Balaban J connectivity index is 1.55. The maximum absolute atomic E-state index is 14.2. The van der Waals surface area contributed by atoms with E-state index < -0.39 is 35.2 Å². The van der Waals surface area contributed by atoms with E-state index in [-0.39, 0.29) is 25.0 Å². The second kappa shape index (κ2) is 16.0. The lowest BCUT2D eigenvalue weighted by molar-refractivity contribution is -0.155. The molecule has 2 aromatic carbocycles. The summed E-state index contributed by atoms with van der Waals surface area (Å²) in [5.74, 6) is -0.194. The number of nitrogens with zero attached hydrogens (tertiary/aromatic N) is 3. The number of fused-ring (bicyclic) bond motifs is 6. The molecule has 2 amide bonds. The molecule has 12 nitrogen and oxygen atoms in total. The molecule has 6 bridgehead atoms. The minimum atomic E-state index is -1.01. The van der Waals surface area contributed by atoms with Crippen molar-refractivity contribution in [1.82, 2.24) is 25.3 Å². The molecule has 2 N–H and O–H groups in total. The number of carbonyl (C=O) groups is 3. The molecule has 4 heterocycles. The standard InChI is InChI=1S/C43H55N5O7/c1-10-47-36-16-15-28-23-32(36)33(38(47)31-13-11-17-44-37(31)26(2)52-8)24-43(6,7)25-54-40(50)34-14-12-18-48(46-34)39(49)35(45-41(51)55-42(3,4)5)21-27-19-29(28)22-30(20-27)53-9/h11,13,15-17,19-20,22-23,26,34-35,46H,10,12,14,18,21,24-25H2,1-9H3,(H,45,51)/t26-,34-,35-/m0/s1. The van der Waals surface area contributed by atoms with Gasteiger partial charge in [0.15, 0.2) is 0 Å². The summed E-state index contributed by atoms with van der Waals surface area (Å²) >= 11 is 0. The van der Waals surface area contributed by atoms with Crippen LogP contribution in [0.25, 0.3) is 33.3 Å². The molecular weight excluding hydrogens is 699 g/mol. The maximum Gasteiger partial charge on any atom is 0.408 e. The number of hydrazine groups is 1. The monoisotopic (exact) mass is 753 g/mol. The van der Waals surface area contributed by atoms with E-state index in [1.54, 1.807) is 41.2 Å². The first-order valence-electron chi connectivity index (χ1n) is 19.2. The number of cyclic esters (lactones) is 1. The molecule has 0 saturated carbocycles. The van der Waals surface area contributed by atoms with Crippen molar-refractivity contribution in [3.63, 3.8) is 0 Å². The van der Waals surface area contributed by atoms with Gasteiger partial charge in [0.05, 0.1) is 31.2 Å². The van der Waals surface area contributed by atoms with Crippen LogP contribution in [0.5, 0.6) is 5.75 Å². The van der Waals surface area contributed by atoms with Crippen LogP contribution in [0.3, 0.4) is 0 Å². The first-order valence-corrected chi connectivity index (χ1v) is 19.2. The van der Waals surface area contributed by atoms with E-state index in [0.717, 1.165) is 50.1 Å². The lowest BCUT2D eigenvalue weighted by Crippen LogP contribution is -2.60. The van der Waals surface area contributed by atoms with E-state index in [9.17, 15) is 14.4 Å². The highest BCUT2D eigenvalue weighted by molar-refractivity contribution is 5.95. The first-order chi connectivity index (χ1) is 26.1. The topological polar surface area (TPSA) is 133 Å². The van der Waals surface area contributed by atoms with Crippen molar-refractivity contribution in [3.05, 3.63) is 71.5 Å². The quantitative estimate of drug-likeness (QED) is 0.197. The Bertz CT molecular complexity index is 2070. The molecule has 0 unspecified atom stereocenters. The number of rotatable bonds is 6. The van der Waals surface area contributed by atoms with Gasteiger partial charge in [-0.25, -0.2) is 10.2 Å². The molecular formula is C43H55N5O7. The zero-order chi connectivity index (χ0) is 39.7. The lowest BCUT2D eigenvalue weighted by Gasteiger charge is -2.35. The predicted molar refractivity (Wildman–Crippen MR) is 211 cm³/mol. The molecule has 0 aliphatic carbocycles. The highest BCUT2D eigenvalue weighted by Crippen LogP contribution is 2.42. The minimum absolute atomic E-state index is 0.148. The normalized spacial score (nSPS) is 19.7. The SMILES string of the molecule is CCn1c(-c2cccnc2[C@H](C)OC)c2c3cc(ccc31)-c1cc(cc(OC)c1)C[C@H](NC(=O)OC(C)(C)C)C(=O)N1CCC[C@H](N1)C(=O)OCC(C)(C)C2. The van der Waals surface area contributed by atoms with E-state index in [4.69, 9.17) is 23.9 Å². The second-order valence-corrected chi connectivity index (χ2v) is 16.4. The summed E-state index contributed by atoms with van der Waals surface area (Å²) in [6, 6.07) is 14.7. The van der Waals surface area contributed by atoms with Gasteiger partial charge in [-0.1, -0.05) is 26.0 Å². The Morgan fingerprint density at radius 2 is 1.89 bits per heavy atom. The van der Waals surface area contributed by atoms with Crippen molar-refractivity contribution >= 4 is 28.9 Å². The van der Waals surface area contributed by atoms with E-state index >= 15 is 0 Å². The average molecular weight is 754 g/mol. The largest absolute Gasteiger partial charge is 0.497 e. The molecule has 0 spiro atoms. The number of alkyl carbamates (subject to hydrolysis) is 1. The first kappa shape index (κ1) is 39.7. The number of carbonyl (C=O) groups excluding carboxylic acids is 3. The molecule has 6 rings (SSSR count). The number of pyridine rings is 1. The molecule has 1 fully saturated rings. The van der Waals surface area contributed by atoms with Crippen LogP contribution in [-0.2, 0) is 43.2 Å². The van der Waals surface area contributed by atoms with Crippen LogP contribution in [0.15, 0.2) is 54.7 Å². The Morgan fingerprint density at radius 1 is 1.11 bits per heavy atom. The fourth-order valence-electron chi connectivity index (χ4n) is 7.62. The Labute approximate surface area is 323 Å². The Kier molecular flexibility index (Phi) is 11.6. The summed E-state index contributed by atoms with van der Waals surface area (Å²) in [5, 5.41) is 5.32. The van der Waals surface area contributed by atoms with Crippen molar-refractivity contribution in [2.45, 2.75) is 104 Å². The van der Waals surface area contributed by atoms with E-state index in [1.807, 2.05) is 31.2 Å². The van der Waals surface area contributed by atoms with E-state index in [0.29, 0.717) is 38.1 Å². The maximum atomic E-state index is 14.2. The van der Waals surface area contributed by atoms with Gasteiger partial charge in [-0.3, -0.25) is 19.6 Å². The van der Waals surface area contributed by atoms with Gasteiger partial charge in [-0.05, 0) is 113 Å². The van der Waals surface area contributed by atoms with Gasteiger partial charge in [-0.15, -0.1) is 0 Å². The van der Waals surface area contributed by atoms with Gasteiger partial charge in [0.2, 0.25) is 0 Å². The van der Waals surface area contributed by atoms with Crippen LogP contribution in [0, 0.1) is 5.41 Å². The van der Waals surface area contributed by atoms with Crippen LogP contribution < -0.4 is 15.5 Å². The van der Waals surface area contributed by atoms with Crippen molar-refractivity contribution in [3.8, 4) is 28.1 Å². The van der Waals surface area contributed by atoms with Crippen molar-refractivity contribution in [1.29, 1.82) is 0 Å². The predicted octanol–water partition coefficient (Wildman–Crippen LogP) is 7.16. The zero-order valence-corrected chi connectivity index (χ0v) is 33.6. The average Bonchev–Trinajstić information content (AvgIpc) is 3.46. The molecule has 0 radical (unpaired) electrons. The summed E-state index contributed by atoms with van der Waals surface area (Å²) in [6.07, 6.45) is 2.68. The molecule has 1 saturated heterocycles. The molecule has 55 heavy (non-hydrogen) atoms. The van der Waals surface area contributed by atoms with Gasteiger partial charge in [0, 0.05) is 54.7 Å². The molecule has 2 aromatic heterocycles. The molecule has 4 aromatic rings. The third-order valence-electron chi connectivity index (χ3n) is 10.3. The number of ether oxygens (including phenoxy) is 4. The molecule has 12 heteroatoms. The van der Waals surface area contributed by atoms with Crippen molar-refractivity contribution < 1.29 is 33.3 Å². The zero-order valence-electron chi connectivity index (χ0n) is 33.6. The van der Waals surface area contributed by atoms with E-state index in [1.165, 1.54) is 5.01 Å². The van der Waals surface area contributed by atoms with Gasteiger partial charge in [0.25, 0.3) is 5.91 Å². The van der Waals surface area contributed by atoms with Crippen molar-refractivity contribution in [2.75, 3.05) is 27.4 Å². The third-order valence-corrected chi connectivity index (χ3v) is 10.3. The molecule has 2 aliphatic heterocycles. The van der Waals surface area contributed by atoms with E-state index in [2.05, 4.69) is 60.3 Å². The van der Waals surface area contributed by atoms with Crippen LogP contribution in [0.2, 0.25) is 0 Å². The molecule has 294 valence electrons. The fourth-order valence-corrected chi connectivity index (χ4v) is 7.62. The number of hydrogen-bond donors (Lipinski definition) is 2. The Hall–Kier alpha value is -4.94. The Morgan fingerprint density at radius 3 is 2.60 bits per heavy atom. The summed E-state index contributed by atoms with van der Waals surface area (Å²) < 4.78 is 25.6. The molecule has 2 aliphatic rings. The van der Waals surface area contributed by atoms with Gasteiger partial charge < -0.3 is 28.8 Å². The van der Waals surface area contributed by atoms with Crippen LogP contribution in [-0.4, -0.2) is 77.6 Å². The number of aryl methyl sites for hydroxylation is 1. The smallest absolute Gasteiger partial charge is 0.408 e. The second-order valence-electron chi connectivity index (χ2n) is 16.4. The lowest BCUT2D eigenvalue weighted by atomic mass is 9.84. The molecule has 3 atom stereocenters. The van der Waals surface area contributed by atoms with Crippen LogP contribution in [0.1, 0.15) is 84.2 Å². The third kappa shape index (κ3) is 8.81. The number of esters is 1. The fraction of sp³-hybridized carbons (Fsp3) is 0.488. The number of benzene rings is 2. The highest BCUT2D eigenvalue weighted by atomic mass is 16.6. The van der Waals surface area contributed by atoms with Gasteiger partial charge in [0.1, 0.15) is 23.4 Å². The summed E-state index contributed by atoms with van der Waals surface area (Å²) in [7, 11) is 3.31. The number of methoxy groups -OCH3 is 2. The van der Waals surface area contributed by atoms with Gasteiger partial charge >= 0.3 is 12.1 Å². The van der Waals surface area contributed by atoms with Crippen LogP contribution in [0.4, 0.5) is 4.79 Å². The van der Waals surface area contributed by atoms with Crippen molar-refractivity contribution in [2.24, 2.45) is 5.41 Å². The van der Waals surface area contributed by atoms with Gasteiger partial charge in [-0.2, -0.15) is 0 Å². The number of amides is 2. The number of hydrogen-bond acceptors (Lipinski definition) is 9. The summed E-state index contributed by atoms with van der Waals surface area (Å²) in [6.45, 7) is 14.9. The number of aromatic nitrogens is 2. The highest BCUT2D eigenvalue weighted by Gasteiger charge is 2.36. The van der Waals surface area contributed by atoms with Crippen LogP contribution >= 0.6 is 0 Å².